The molecule has 1 saturated heterocycles. The van der Waals surface area contributed by atoms with Crippen LogP contribution in [0.5, 0.6) is 0 Å². The van der Waals surface area contributed by atoms with E-state index in [1.54, 1.807) is 24.3 Å². The lowest BCUT2D eigenvalue weighted by Gasteiger charge is -2.19. The van der Waals surface area contributed by atoms with Gasteiger partial charge in [-0.3, -0.25) is 0 Å². The normalized spacial score (nSPS) is 22.6. The smallest absolute Gasteiger partial charge is 0.407 e. The van der Waals surface area contributed by atoms with Crippen molar-refractivity contribution in [2.75, 3.05) is 18.4 Å². The molecule has 0 bridgehead atoms. The lowest BCUT2D eigenvalue weighted by atomic mass is 10.0. The number of pyridine rings is 1. The van der Waals surface area contributed by atoms with Crippen molar-refractivity contribution < 1.29 is 18.3 Å². The molecule has 164 valence electrons. The molecular weight excluding hydrogens is 430 g/mol. The number of hydrogen-bond donors (Lipinski definition) is 2. The summed E-state index contributed by atoms with van der Waals surface area (Å²) in [5.41, 5.74) is 1.17. The van der Waals surface area contributed by atoms with Gasteiger partial charge in [0.1, 0.15) is 6.07 Å². The number of amides is 1. The summed E-state index contributed by atoms with van der Waals surface area (Å²) in [6, 6.07) is 12.0. The van der Waals surface area contributed by atoms with E-state index in [0.717, 1.165) is 16.8 Å². The van der Waals surface area contributed by atoms with E-state index >= 15 is 0 Å². The van der Waals surface area contributed by atoms with Crippen LogP contribution in [0, 0.1) is 23.2 Å². The molecule has 5 rings (SSSR count). The molecule has 1 aromatic carbocycles. The monoisotopic (exact) mass is 451 g/mol. The number of likely N-dealkylation sites (tertiary alicyclic amines) is 1. The first-order valence-electron chi connectivity index (χ1n) is 10.3. The molecule has 2 N–H and O–H groups in total. The van der Waals surface area contributed by atoms with E-state index in [1.165, 1.54) is 29.4 Å². The van der Waals surface area contributed by atoms with Crippen LogP contribution in [0.25, 0.3) is 11.0 Å². The maximum atomic E-state index is 13.1. The van der Waals surface area contributed by atoms with Crippen molar-refractivity contribution in [3.63, 3.8) is 0 Å². The molecule has 2 aliphatic rings. The van der Waals surface area contributed by atoms with Crippen molar-refractivity contribution in [3.8, 4) is 6.07 Å². The molecule has 2 aromatic heterocycles. The number of aromatic nitrogens is 2. The zero-order chi connectivity index (χ0) is 22.5. The van der Waals surface area contributed by atoms with E-state index in [0.29, 0.717) is 29.7 Å². The number of rotatable bonds is 4. The molecule has 0 radical (unpaired) electrons. The minimum absolute atomic E-state index is 0.0766. The maximum Gasteiger partial charge on any atom is 0.407 e. The molecule has 3 heterocycles. The zero-order valence-corrected chi connectivity index (χ0v) is 17.9. The molecule has 1 unspecified atom stereocenters. The van der Waals surface area contributed by atoms with Crippen LogP contribution in [0.2, 0.25) is 0 Å². The van der Waals surface area contributed by atoms with Gasteiger partial charge in [-0.05, 0) is 42.9 Å². The number of benzene rings is 1. The number of carbonyl (C=O) groups is 1. The van der Waals surface area contributed by atoms with Crippen LogP contribution in [-0.2, 0) is 10.0 Å². The Morgan fingerprint density at radius 1 is 1.16 bits per heavy atom. The fourth-order valence-corrected chi connectivity index (χ4v) is 6.30. The van der Waals surface area contributed by atoms with E-state index in [1.807, 2.05) is 0 Å². The van der Waals surface area contributed by atoms with Crippen molar-refractivity contribution >= 4 is 32.8 Å². The molecule has 0 spiro atoms. The minimum Gasteiger partial charge on any atom is -0.465 e. The maximum absolute atomic E-state index is 13.1. The summed E-state index contributed by atoms with van der Waals surface area (Å²) in [7, 11) is -3.83. The van der Waals surface area contributed by atoms with E-state index in [9.17, 15) is 23.6 Å². The topological polar surface area (TPSA) is 128 Å². The van der Waals surface area contributed by atoms with E-state index in [4.69, 9.17) is 0 Å². The first-order chi connectivity index (χ1) is 15.4. The SMILES string of the molecule is N#Cc1cnc2c(ccn2S(=O)(=O)c2ccccc2)c1NC1C[C@@H]2CN(C(=O)O)C[C@@H]2C1. The molecule has 1 aliphatic carbocycles. The highest BCUT2D eigenvalue weighted by Crippen LogP contribution is 2.40. The van der Waals surface area contributed by atoms with Gasteiger partial charge in [-0.2, -0.15) is 5.26 Å². The fraction of sp³-hybridized carbons (Fsp3) is 0.318. The number of fused-ring (bicyclic) bond motifs is 2. The highest BCUT2D eigenvalue weighted by molar-refractivity contribution is 7.90. The van der Waals surface area contributed by atoms with Crippen molar-refractivity contribution in [2.45, 2.75) is 23.8 Å². The van der Waals surface area contributed by atoms with Crippen LogP contribution in [0.3, 0.4) is 0 Å². The first-order valence-corrected chi connectivity index (χ1v) is 11.8. The minimum atomic E-state index is -3.83. The molecular formula is C22H21N5O4S. The molecule has 1 amide bonds. The summed E-state index contributed by atoms with van der Waals surface area (Å²) in [4.78, 5) is 17.1. The number of nitrogens with one attached hydrogen (secondary N) is 1. The fourth-order valence-electron chi connectivity index (χ4n) is 4.98. The molecule has 9 nitrogen and oxygen atoms in total. The second kappa shape index (κ2) is 7.53. The highest BCUT2D eigenvalue weighted by atomic mass is 32.2. The van der Waals surface area contributed by atoms with Gasteiger partial charge in [-0.15, -0.1) is 0 Å². The van der Waals surface area contributed by atoms with Gasteiger partial charge >= 0.3 is 6.09 Å². The molecule has 2 fully saturated rings. The first kappa shape index (κ1) is 20.3. The number of anilines is 1. The summed E-state index contributed by atoms with van der Waals surface area (Å²) in [6.07, 6.45) is 3.56. The van der Waals surface area contributed by atoms with Crippen molar-refractivity contribution in [1.82, 2.24) is 13.9 Å². The van der Waals surface area contributed by atoms with E-state index in [2.05, 4.69) is 16.4 Å². The average Bonchev–Trinajstić information content (AvgIpc) is 3.48. The standard InChI is InChI=1S/C22H21N5O4S/c23-10-16-11-24-21-19(6-7-27(21)32(30,31)18-4-2-1-3-5-18)20(16)25-17-8-14-12-26(22(28)29)13-15(14)9-17/h1-7,11,14-15,17H,8-9,12-13H2,(H,24,25)(H,28,29)/t14-,15+,17?. The molecule has 1 aliphatic heterocycles. The Bertz CT molecular complexity index is 1330. The van der Waals surface area contributed by atoms with Crippen molar-refractivity contribution in [1.29, 1.82) is 5.26 Å². The van der Waals surface area contributed by atoms with Crippen LogP contribution in [0.4, 0.5) is 10.5 Å². The summed E-state index contributed by atoms with van der Waals surface area (Å²) in [5.74, 6) is 0.573. The predicted molar refractivity (Wildman–Crippen MR) is 117 cm³/mol. The molecule has 3 atom stereocenters. The Labute approximate surface area is 185 Å². The van der Waals surface area contributed by atoms with E-state index in [-0.39, 0.29) is 28.4 Å². The Morgan fingerprint density at radius 2 is 1.84 bits per heavy atom. The van der Waals surface area contributed by atoms with Crippen LogP contribution >= 0.6 is 0 Å². The van der Waals surface area contributed by atoms with Crippen molar-refractivity contribution in [3.05, 3.63) is 54.4 Å². The molecule has 3 aromatic rings. The Balaban J connectivity index is 1.47. The Hall–Kier alpha value is -3.58. The summed E-state index contributed by atoms with van der Waals surface area (Å²) in [5, 5.41) is 22.9. The third kappa shape index (κ3) is 3.26. The second-order valence-corrected chi connectivity index (χ2v) is 10.2. The quantitative estimate of drug-likeness (QED) is 0.624. The number of hydrogen-bond acceptors (Lipinski definition) is 6. The van der Waals surface area contributed by atoms with E-state index < -0.39 is 16.1 Å². The largest absolute Gasteiger partial charge is 0.465 e. The van der Waals surface area contributed by atoms with Gasteiger partial charge in [0.05, 0.1) is 16.1 Å². The lowest BCUT2D eigenvalue weighted by Crippen LogP contribution is -2.29. The molecule has 10 heteroatoms. The summed E-state index contributed by atoms with van der Waals surface area (Å²) in [6.45, 7) is 1.06. The second-order valence-electron chi connectivity index (χ2n) is 8.35. The highest BCUT2D eigenvalue weighted by Gasteiger charge is 2.42. The van der Waals surface area contributed by atoms with Gasteiger partial charge in [0.2, 0.25) is 0 Å². The predicted octanol–water partition coefficient (Wildman–Crippen LogP) is 2.95. The van der Waals surface area contributed by atoms with Crippen LogP contribution in [0.1, 0.15) is 18.4 Å². The third-order valence-corrected chi connectivity index (χ3v) is 8.15. The van der Waals surface area contributed by atoms with Gasteiger partial charge in [-0.1, -0.05) is 18.2 Å². The zero-order valence-electron chi connectivity index (χ0n) is 17.0. The van der Waals surface area contributed by atoms with Gasteiger partial charge in [0.25, 0.3) is 10.0 Å². The number of nitrogens with zero attached hydrogens (tertiary/aromatic N) is 4. The van der Waals surface area contributed by atoms with Gasteiger partial charge in [0.15, 0.2) is 5.65 Å². The Morgan fingerprint density at radius 3 is 2.47 bits per heavy atom. The van der Waals surface area contributed by atoms with Crippen LogP contribution in [-0.4, -0.2) is 52.6 Å². The number of nitriles is 1. The molecule has 32 heavy (non-hydrogen) atoms. The summed E-state index contributed by atoms with van der Waals surface area (Å²) >= 11 is 0. The van der Waals surface area contributed by atoms with Gasteiger partial charge in [-0.25, -0.2) is 22.2 Å². The van der Waals surface area contributed by atoms with Crippen LogP contribution in [0.15, 0.2) is 53.7 Å². The third-order valence-electron chi connectivity index (χ3n) is 6.47. The lowest BCUT2D eigenvalue weighted by molar-refractivity contribution is 0.152. The summed E-state index contributed by atoms with van der Waals surface area (Å²) < 4.78 is 27.4. The van der Waals surface area contributed by atoms with Crippen LogP contribution < -0.4 is 5.32 Å². The van der Waals surface area contributed by atoms with Crippen molar-refractivity contribution in [2.24, 2.45) is 11.8 Å². The average molecular weight is 452 g/mol. The Kier molecular flexibility index (Phi) is 4.78. The van der Waals surface area contributed by atoms with Gasteiger partial charge in [0, 0.05) is 36.9 Å². The number of carboxylic acid groups (broad SMARTS) is 1. The van der Waals surface area contributed by atoms with Gasteiger partial charge < -0.3 is 15.3 Å². The molecule has 1 saturated carbocycles.